The zero-order valence-corrected chi connectivity index (χ0v) is 17.0. The van der Waals surface area contributed by atoms with Crippen molar-refractivity contribution < 1.29 is 9.53 Å². The van der Waals surface area contributed by atoms with Crippen LogP contribution in [0.2, 0.25) is 0 Å². The topological polar surface area (TPSA) is 81.9 Å². The van der Waals surface area contributed by atoms with E-state index in [1.807, 2.05) is 78.9 Å². The van der Waals surface area contributed by atoms with Crippen molar-refractivity contribution in [3.05, 3.63) is 90.0 Å². The van der Waals surface area contributed by atoms with Crippen LogP contribution in [0.25, 0.3) is 5.69 Å². The van der Waals surface area contributed by atoms with Gasteiger partial charge in [0, 0.05) is 17.0 Å². The van der Waals surface area contributed by atoms with Gasteiger partial charge in [-0.2, -0.15) is 4.68 Å². The van der Waals surface area contributed by atoms with Crippen LogP contribution in [-0.2, 0) is 5.75 Å². The molecule has 0 spiro atoms. The maximum atomic E-state index is 12.4. The van der Waals surface area contributed by atoms with Gasteiger partial charge in [-0.1, -0.05) is 42.1 Å². The predicted molar refractivity (Wildman–Crippen MR) is 116 cm³/mol. The van der Waals surface area contributed by atoms with Gasteiger partial charge >= 0.3 is 0 Å². The van der Waals surface area contributed by atoms with E-state index < -0.39 is 0 Å². The van der Waals surface area contributed by atoms with E-state index in [2.05, 4.69) is 20.8 Å². The Bertz CT molecular complexity index is 1110. The summed E-state index contributed by atoms with van der Waals surface area (Å²) in [5.74, 6) is 1.32. The predicted octanol–water partition coefficient (Wildman–Crippen LogP) is 4.22. The Hall–Kier alpha value is -3.65. The van der Waals surface area contributed by atoms with Gasteiger partial charge in [0.25, 0.3) is 5.91 Å². The highest BCUT2D eigenvalue weighted by Gasteiger charge is 2.10. The molecule has 0 unspecified atom stereocenters. The lowest BCUT2D eigenvalue weighted by atomic mass is 10.1. The average Bonchev–Trinajstić information content (AvgIpc) is 3.27. The highest BCUT2D eigenvalue weighted by molar-refractivity contribution is 7.98. The van der Waals surface area contributed by atoms with Gasteiger partial charge in [-0.3, -0.25) is 4.79 Å². The zero-order chi connectivity index (χ0) is 20.8. The third-order valence-electron chi connectivity index (χ3n) is 4.37. The summed E-state index contributed by atoms with van der Waals surface area (Å²) >= 11 is 1.52. The smallest absolute Gasteiger partial charge is 0.255 e. The fourth-order valence-electron chi connectivity index (χ4n) is 2.78. The van der Waals surface area contributed by atoms with E-state index in [9.17, 15) is 4.79 Å². The van der Waals surface area contributed by atoms with E-state index in [1.54, 1.807) is 11.8 Å². The van der Waals surface area contributed by atoms with Gasteiger partial charge in [0.2, 0.25) is 5.16 Å². The molecule has 4 aromatic rings. The van der Waals surface area contributed by atoms with Crippen molar-refractivity contribution in [3.8, 4) is 11.4 Å². The van der Waals surface area contributed by atoms with Crippen molar-refractivity contribution in [2.75, 3.05) is 12.4 Å². The Balaban J connectivity index is 1.39. The molecule has 1 amide bonds. The molecule has 0 saturated carbocycles. The maximum Gasteiger partial charge on any atom is 0.255 e. The second-order valence-corrected chi connectivity index (χ2v) is 7.32. The highest BCUT2D eigenvalue weighted by atomic mass is 32.2. The van der Waals surface area contributed by atoms with Crippen LogP contribution < -0.4 is 10.1 Å². The number of para-hydroxylation sites is 1. The number of nitrogens with one attached hydrogen (secondary N) is 1. The number of methoxy groups -OCH3 is 1. The van der Waals surface area contributed by atoms with Crippen LogP contribution in [-0.4, -0.2) is 33.2 Å². The number of hydrogen-bond acceptors (Lipinski definition) is 6. The van der Waals surface area contributed by atoms with Gasteiger partial charge in [-0.25, -0.2) is 0 Å². The number of hydrogen-bond donors (Lipinski definition) is 1. The lowest BCUT2D eigenvalue weighted by molar-refractivity contribution is 0.102. The first-order valence-corrected chi connectivity index (χ1v) is 10.2. The van der Waals surface area contributed by atoms with Crippen LogP contribution in [0.4, 0.5) is 5.69 Å². The number of anilines is 1. The van der Waals surface area contributed by atoms with E-state index in [0.717, 1.165) is 22.7 Å². The molecule has 8 heteroatoms. The second-order valence-electron chi connectivity index (χ2n) is 6.38. The number of ether oxygens (including phenoxy) is 1. The number of thioether (sulfide) groups is 1. The van der Waals surface area contributed by atoms with Gasteiger partial charge in [0.1, 0.15) is 5.75 Å². The Morgan fingerprint density at radius 1 is 1.00 bits per heavy atom. The quantitative estimate of drug-likeness (QED) is 0.454. The molecule has 3 aromatic carbocycles. The summed E-state index contributed by atoms with van der Waals surface area (Å²) in [6.45, 7) is 0. The summed E-state index contributed by atoms with van der Waals surface area (Å²) in [5.41, 5.74) is 3.31. The summed E-state index contributed by atoms with van der Waals surface area (Å²) in [7, 11) is 1.63. The van der Waals surface area contributed by atoms with E-state index in [0.29, 0.717) is 16.5 Å². The van der Waals surface area contributed by atoms with E-state index >= 15 is 0 Å². The van der Waals surface area contributed by atoms with Crippen molar-refractivity contribution in [2.45, 2.75) is 10.9 Å². The molecule has 0 aliphatic rings. The van der Waals surface area contributed by atoms with E-state index in [1.165, 1.54) is 11.8 Å². The summed E-state index contributed by atoms with van der Waals surface area (Å²) in [5, 5.41) is 15.5. The number of carbonyl (C=O) groups is 1. The van der Waals surface area contributed by atoms with E-state index in [4.69, 9.17) is 4.74 Å². The number of tetrazole rings is 1. The minimum atomic E-state index is -0.135. The Morgan fingerprint density at radius 3 is 2.43 bits per heavy atom. The third-order valence-corrected chi connectivity index (χ3v) is 5.36. The molecule has 30 heavy (non-hydrogen) atoms. The minimum absolute atomic E-state index is 0.135. The zero-order valence-electron chi connectivity index (χ0n) is 16.2. The van der Waals surface area contributed by atoms with Crippen LogP contribution in [0, 0.1) is 0 Å². The minimum Gasteiger partial charge on any atom is -0.497 e. The summed E-state index contributed by atoms with van der Waals surface area (Å²) in [6.07, 6.45) is 0. The molecule has 1 heterocycles. The number of nitrogens with zero attached hydrogens (tertiary/aromatic N) is 4. The highest BCUT2D eigenvalue weighted by Crippen LogP contribution is 2.24. The van der Waals surface area contributed by atoms with Gasteiger partial charge in [-0.05, 0) is 64.5 Å². The van der Waals surface area contributed by atoms with Crippen molar-refractivity contribution in [3.63, 3.8) is 0 Å². The van der Waals surface area contributed by atoms with Crippen LogP contribution in [0.1, 0.15) is 15.9 Å². The maximum absolute atomic E-state index is 12.4. The number of benzene rings is 3. The molecule has 0 radical (unpaired) electrons. The van der Waals surface area contributed by atoms with Crippen LogP contribution in [0.15, 0.2) is 84.0 Å². The number of rotatable bonds is 7. The fourth-order valence-corrected chi connectivity index (χ4v) is 3.63. The average molecular weight is 417 g/mol. The Kier molecular flexibility index (Phi) is 6.05. The number of aromatic nitrogens is 4. The molecule has 0 bridgehead atoms. The molecule has 0 atom stereocenters. The standard InChI is InChI=1S/C22H19N5O2S/c1-29-20-13-11-19(12-14-20)27-22(24-25-26-27)30-15-16-7-9-17(10-8-16)21(28)23-18-5-3-2-4-6-18/h2-14H,15H2,1H3,(H,23,28). The number of carbonyl (C=O) groups excluding carboxylic acids is 1. The van der Waals surface area contributed by atoms with Crippen LogP contribution in [0.5, 0.6) is 5.75 Å². The summed E-state index contributed by atoms with van der Waals surface area (Å²) in [4.78, 5) is 12.4. The molecule has 1 aromatic heterocycles. The largest absolute Gasteiger partial charge is 0.497 e. The molecule has 0 aliphatic heterocycles. The molecular weight excluding hydrogens is 398 g/mol. The summed E-state index contributed by atoms with van der Waals surface area (Å²) < 4.78 is 6.87. The summed E-state index contributed by atoms with van der Waals surface area (Å²) in [6, 6.07) is 24.4. The lowest BCUT2D eigenvalue weighted by Crippen LogP contribution is -2.11. The Labute approximate surface area is 178 Å². The van der Waals surface area contributed by atoms with Crippen molar-refractivity contribution in [2.24, 2.45) is 0 Å². The number of amides is 1. The molecule has 150 valence electrons. The molecule has 7 nitrogen and oxygen atoms in total. The molecule has 0 aliphatic carbocycles. The van der Waals surface area contributed by atoms with Crippen LogP contribution >= 0.6 is 11.8 Å². The molecular formula is C22H19N5O2S. The van der Waals surface area contributed by atoms with Crippen molar-refractivity contribution in [1.82, 2.24) is 20.2 Å². The normalized spacial score (nSPS) is 10.6. The molecule has 0 saturated heterocycles. The first-order valence-electron chi connectivity index (χ1n) is 9.24. The SMILES string of the molecule is COc1ccc(-n2nnnc2SCc2ccc(C(=O)Nc3ccccc3)cc2)cc1. The molecule has 1 N–H and O–H groups in total. The second kappa shape index (κ2) is 9.23. The van der Waals surface area contributed by atoms with Gasteiger partial charge in [-0.15, -0.1) is 5.10 Å². The van der Waals surface area contributed by atoms with Crippen LogP contribution in [0.3, 0.4) is 0 Å². The fraction of sp³-hybridized carbons (Fsp3) is 0.0909. The Morgan fingerprint density at radius 2 is 1.73 bits per heavy atom. The first-order chi connectivity index (χ1) is 14.7. The van der Waals surface area contributed by atoms with Crippen molar-refractivity contribution >= 4 is 23.4 Å². The monoisotopic (exact) mass is 417 g/mol. The van der Waals surface area contributed by atoms with Gasteiger partial charge in [0.15, 0.2) is 0 Å². The van der Waals surface area contributed by atoms with E-state index in [-0.39, 0.29) is 5.91 Å². The van der Waals surface area contributed by atoms with Crippen molar-refractivity contribution in [1.29, 1.82) is 0 Å². The third kappa shape index (κ3) is 4.66. The first kappa shape index (κ1) is 19.7. The lowest BCUT2D eigenvalue weighted by Gasteiger charge is -2.07. The molecule has 0 fully saturated rings. The molecule has 4 rings (SSSR count). The van der Waals surface area contributed by atoms with Gasteiger partial charge < -0.3 is 10.1 Å². The van der Waals surface area contributed by atoms with Gasteiger partial charge in [0.05, 0.1) is 12.8 Å².